The lowest BCUT2D eigenvalue weighted by molar-refractivity contribution is -0.432. The van der Waals surface area contributed by atoms with Crippen LogP contribution in [0.4, 0.5) is 22.7 Å². The van der Waals surface area contributed by atoms with Crippen molar-refractivity contribution >= 4 is 51.5 Å². The molecule has 1 heterocycles. The number of nitrogens with zero attached hydrogens (tertiary/aromatic N) is 6. The molecule has 0 aliphatic heterocycles. The summed E-state index contributed by atoms with van der Waals surface area (Å²) in [6.45, 7) is 0. The molecule has 5 rings (SSSR count). The maximum Gasteiger partial charge on any atom is 0.358 e. The van der Waals surface area contributed by atoms with Crippen LogP contribution < -0.4 is 4.74 Å². The fourth-order valence-corrected chi connectivity index (χ4v) is 4.41. The van der Waals surface area contributed by atoms with Gasteiger partial charge < -0.3 is 25.2 Å². The fourth-order valence-electron chi connectivity index (χ4n) is 3.91. The molecule has 16 heteroatoms. The highest BCUT2D eigenvalue weighted by molar-refractivity contribution is 7.94. The maximum atomic E-state index is 11.8. The molecule has 5 aromatic rings. The second-order valence-electron chi connectivity index (χ2n) is 8.53. The summed E-state index contributed by atoms with van der Waals surface area (Å²) in [6, 6.07) is 18.8. The number of para-hydroxylation sites is 1. The maximum absolute atomic E-state index is 11.8. The number of aromatic hydroxyl groups is 3. The number of carbonyl (C=O) groups is 1. The van der Waals surface area contributed by atoms with Gasteiger partial charge in [-0.1, -0.05) is 29.3 Å². The van der Waals surface area contributed by atoms with Gasteiger partial charge in [0.2, 0.25) is 11.6 Å². The van der Waals surface area contributed by atoms with Crippen molar-refractivity contribution in [3.05, 3.63) is 78.5 Å². The molecule has 0 radical (unpaired) electrons. The summed E-state index contributed by atoms with van der Waals surface area (Å²) >= 11 is 0.533. The molecule has 43 heavy (non-hydrogen) atoms. The molecule has 0 bridgehead atoms. The highest BCUT2D eigenvalue weighted by Gasteiger charge is 2.24. The lowest BCUT2D eigenvalue weighted by Gasteiger charge is -2.09. The van der Waals surface area contributed by atoms with Crippen LogP contribution in [0.2, 0.25) is 0 Å². The van der Waals surface area contributed by atoms with Gasteiger partial charge in [0.05, 0.1) is 35.4 Å². The molecule has 15 nitrogen and oxygen atoms in total. The second kappa shape index (κ2) is 12.5. The number of hydrogen-bond donors (Lipinski definition) is 5. The predicted octanol–water partition coefficient (Wildman–Crippen LogP) is 7.11. The number of carboxylic acids is 1. The van der Waals surface area contributed by atoms with E-state index in [-0.39, 0.29) is 44.5 Å². The first-order valence-electron chi connectivity index (χ1n) is 12.1. The van der Waals surface area contributed by atoms with Gasteiger partial charge in [0, 0.05) is 11.5 Å². The number of carboxylic acid groups (broad SMARTS) is 1. The summed E-state index contributed by atoms with van der Waals surface area (Å²) in [5.41, 5.74) is -0.379. The predicted molar refractivity (Wildman–Crippen MR) is 151 cm³/mol. The van der Waals surface area contributed by atoms with Crippen LogP contribution in [0, 0.1) is 0 Å². The molecule has 5 N–H and O–H groups in total. The number of benzene rings is 4. The Bertz CT molecular complexity index is 1880. The lowest BCUT2D eigenvalue weighted by Crippen LogP contribution is -2.01. The fraction of sp³-hybridized carbons (Fsp3) is 0.0370. The van der Waals surface area contributed by atoms with Crippen LogP contribution in [0.3, 0.4) is 0 Å². The summed E-state index contributed by atoms with van der Waals surface area (Å²) in [5, 5.41) is 74.7. The monoisotopic (exact) mass is 604 g/mol. The highest BCUT2D eigenvalue weighted by atomic mass is 32.2. The van der Waals surface area contributed by atoms with E-state index in [4.69, 9.17) is 9.99 Å². The van der Waals surface area contributed by atoms with E-state index in [0.717, 1.165) is 4.68 Å². The Morgan fingerprint density at radius 2 is 1.67 bits per heavy atom. The number of ether oxygens (including phenoxy) is 1. The number of hydrogen-bond acceptors (Lipinski definition) is 14. The summed E-state index contributed by atoms with van der Waals surface area (Å²) < 4.78 is 10.7. The third-order valence-corrected chi connectivity index (χ3v) is 6.56. The summed E-state index contributed by atoms with van der Waals surface area (Å²) in [7, 11) is 1.44. The van der Waals surface area contributed by atoms with Crippen molar-refractivity contribution < 1.29 is 44.6 Å². The molecule has 0 amide bonds. The average Bonchev–Trinajstić information content (AvgIpc) is 3.36. The smallest absolute Gasteiger partial charge is 0.358 e. The zero-order valence-electron chi connectivity index (χ0n) is 21.9. The summed E-state index contributed by atoms with van der Waals surface area (Å²) in [4.78, 5) is 12.0. The zero-order valence-corrected chi connectivity index (χ0v) is 22.7. The Hall–Kier alpha value is -5.55. The van der Waals surface area contributed by atoms with E-state index in [2.05, 4.69) is 34.9 Å². The average molecular weight is 605 g/mol. The number of phenols is 2. The van der Waals surface area contributed by atoms with E-state index in [1.165, 1.54) is 37.4 Å². The van der Waals surface area contributed by atoms with Crippen LogP contribution >= 0.6 is 12.0 Å². The van der Waals surface area contributed by atoms with Crippen molar-refractivity contribution in [3.63, 3.8) is 0 Å². The molecule has 1 aromatic heterocycles. The lowest BCUT2D eigenvalue weighted by atomic mass is 10.1. The van der Waals surface area contributed by atoms with Gasteiger partial charge in [0.1, 0.15) is 22.9 Å². The largest absolute Gasteiger partial charge is 0.506 e. The first kappa shape index (κ1) is 29.0. The van der Waals surface area contributed by atoms with Crippen molar-refractivity contribution in [2.24, 2.45) is 20.5 Å². The van der Waals surface area contributed by atoms with Crippen LogP contribution in [-0.4, -0.2) is 48.5 Å². The molecule has 0 saturated heterocycles. The SMILES string of the molecule is COc1ccc(O)c(/N=N/c2c(SOOO)cc3ccc(/N=N/c4c(C(=O)O)nn(-c5ccccc5)c4O)cc3c2O)c1. The molecule has 0 aliphatic carbocycles. The van der Waals surface area contributed by atoms with Crippen LogP contribution in [0.1, 0.15) is 10.5 Å². The van der Waals surface area contributed by atoms with Crippen LogP contribution in [0.5, 0.6) is 23.1 Å². The molecule has 0 atom stereocenters. The van der Waals surface area contributed by atoms with Crippen molar-refractivity contribution in [2.75, 3.05) is 7.11 Å². The van der Waals surface area contributed by atoms with Crippen molar-refractivity contribution in [3.8, 4) is 28.8 Å². The third kappa shape index (κ3) is 6.07. The normalized spacial score (nSPS) is 11.6. The Balaban J connectivity index is 1.56. The quantitative estimate of drug-likeness (QED) is 0.0468. The van der Waals surface area contributed by atoms with E-state index in [9.17, 15) is 25.2 Å². The molecular formula is C27H20N6O9S. The van der Waals surface area contributed by atoms with E-state index >= 15 is 0 Å². The van der Waals surface area contributed by atoms with Gasteiger partial charge >= 0.3 is 5.97 Å². The summed E-state index contributed by atoms with van der Waals surface area (Å²) in [5.74, 6) is -2.13. The van der Waals surface area contributed by atoms with E-state index in [0.29, 0.717) is 28.9 Å². The highest BCUT2D eigenvalue weighted by Crippen LogP contribution is 2.45. The molecule has 0 unspecified atom stereocenters. The number of methoxy groups -OCH3 is 1. The summed E-state index contributed by atoms with van der Waals surface area (Å²) in [6.07, 6.45) is 0. The Kier molecular flexibility index (Phi) is 8.44. The van der Waals surface area contributed by atoms with Gasteiger partial charge in [-0.15, -0.1) is 19.7 Å². The minimum absolute atomic E-state index is 0.0433. The number of phenolic OH excluding ortho intramolecular Hbond substituents is 2. The minimum Gasteiger partial charge on any atom is -0.506 e. The van der Waals surface area contributed by atoms with Gasteiger partial charge in [-0.25, -0.2) is 10.1 Å². The number of rotatable bonds is 10. The van der Waals surface area contributed by atoms with E-state index in [1.54, 1.807) is 42.5 Å². The second-order valence-corrected chi connectivity index (χ2v) is 9.27. The third-order valence-electron chi connectivity index (χ3n) is 5.94. The molecule has 218 valence electrons. The Morgan fingerprint density at radius 1 is 0.907 bits per heavy atom. The first-order valence-corrected chi connectivity index (χ1v) is 12.8. The number of azo groups is 2. The molecular weight excluding hydrogens is 584 g/mol. The van der Waals surface area contributed by atoms with Crippen LogP contribution in [0.25, 0.3) is 16.5 Å². The molecule has 0 aliphatic rings. The van der Waals surface area contributed by atoms with E-state index < -0.39 is 17.5 Å². The molecule has 0 spiro atoms. The molecule has 0 fully saturated rings. The number of fused-ring (bicyclic) bond motifs is 1. The van der Waals surface area contributed by atoms with Crippen molar-refractivity contribution in [1.82, 2.24) is 9.78 Å². The topological polar surface area (TPSA) is 213 Å². The van der Waals surface area contributed by atoms with Gasteiger partial charge in [-0.3, -0.25) is 0 Å². The van der Waals surface area contributed by atoms with Crippen LogP contribution in [-0.2, 0) is 9.37 Å². The van der Waals surface area contributed by atoms with Crippen molar-refractivity contribution in [1.29, 1.82) is 0 Å². The Labute approximate surface area is 245 Å². The van der Waals surface area contributed by atoms with Crippen LogP contribution in [0.15, 0.2) is 98.1 Å². The number of aromatic carboxylic acids is 1. The molecule has 0 saturated carbocycles. The zero-order chi connectivity index (χ0) is 30.5. The van der Waals surface area contributed by atoms with Gasteiger partial charge in [-0.2, -0.15) is 14.9 Å². The van der Waals surface area contributed by atoms with Gasteiger partial charge in [0.25, 0.3) is 0 Å². The van der Waals surface area contributed by atoms with Crippen molar-refractivity contribution in [2.45, 2.75) is 4.90 Å². The van der Waals surface area contributed by atoms with Gasteiger partial charge in [0.15, 0.2) is 11.4 Å². The Morgan fingerprint density at radius 3 is 2.40 bits per heavy atom. The van der Waals surface area contributed by atoms with Gasteiger partial charge in [-0.05, 0) is 47.9 Å². The number of aromatic nitrogens is 2. The first-order chi connectivity index (χ1) is 20.8. The molecule has 4 aromatic carbocycles. The standard InChI is InChI=1S/C27H20N6O9S/c1-40-17-9-10-20(34)19(13-17)29-30-22-21(43-42-41-39)11-14-7-8-15(12-18(14)25(22)35)28-31-23-24(27(37)38)32-33(26(23)36)16-5-3-2-4-6-16/h2-13,34-36,39H,1H3,(H,37,38)/b30-29+,31-28+. The minimum atomic E-state index is -1.42. The van der Waals surface area contributed by atoms with E-state index in [1.807, 2.05) is 0 Å².